The summed E-state index contributed by atoms with van der Waals surface area (Å²) in [7, 11) is 0. The summed E-state index contributed by atoms with van der Waals surface area (Å²) in [6, 6.07) is 10.6. The second-order valence-electron chi connectivity index (χ2n) is 5.14. The van der Waals surface area contributed by atoms with Crippen molar-refractivity contribution >= 4 is 5.97 Å². The molecular weight excluding hydrogens is 226 g/mol. The number of carbonyl (C=O) groups is 1. The van der Waals surface area contributed by atoms with Gasteiger partial charge in [-0.15, -0.1) is 0 Å². The summed E-state index contributed by atoms with van der Waals surface area (Å²) in [4.78, 5) is 12.9. The summed E-state index contributed by atoms with van der Waals surface area (Å²) >= 11 is 0. The van der Waals surface area contributed by atoms with Crippen LogP contribution < -0.4 is 0 Å². The van der Waals surface area contributed by atoms with Crippen LogP contribution in [0.1, 0.15) is 24.8 Å². The molecule has 2 rings (SSSR count). The second kappa shape index (κ2) is 6.55. The number of carboxylic acids is 1. The topological polar surface area (TPSA) is 40.5 Å². The Morgan fingerprint density at radius 3 is 2.83 bits per heavy atom. The van der Waals surface area contributed by atoms with Crippen molar-refractivity contribution < 1.29 is 9.90 Å². The SMILES string of the molecule is O=C(O)CCN1CCCC(Cc2ccccc2)C1. The molecule has 0 bridgehead atoms. The molecule has 3 heteroatoms. The molecule has 98 valence electrons. The normalized spacial score (nSPS) is 20.8. The Balaban J connectivity index is 1.81. The van der Waals surface area contributed by atoms with Crippen LogP contribution in [0.3, 0.4) is 0 Å². The van der Waals surface area contributed by atoms with Gasteiger partial charge in [0.25, 0.3) is 0 Å². The molecule has 0 spiro atoms. The zero-order valence-electron chi connectivity index (χ0n) is 10.7. The van der Waals surface area contributed by atoms with Crippen LogP contribution in [0.5, 0.6) is 0 Å². The lowest BCUT2D eigenvalue weighted by molar-refractivity contribution is -0.137. The number of hydrogen-bond acceptors (Lipinski definition) is 2. The van der Waals surface area contributed by atoms with Gasteiger partial charge in [0.15, 0.2) is 0 Å². The average molecular weight is 247 g/mol. The summed E-state index contributed by atoms with van der Waals surface area (Å²) in [5, 5.41) is 8.72. The number of rotatable bonds is 5. The van der Waals surface area contributed by atoms with Crippen molar-refractivity contribution in [1.29, 1.82) is 0 Å². The molecule has 3 nitrogen and oxygen atoms in total. The minimum Gasteiger partial charge on any atom is -0.481 e. The highest BCUT2D eigenvalue weighted by molar-refractivity contribution is 5.66. The molecule has 1 atom stereocenters. The number of likely N-dealkylation sites (tertiary alicyclic amines) is 1. The van der Waals surface area contributed by atoms with Gasteiger partial charge in [-0.2, -0.15) is 0 Å². The minimum atomic E-state index is -0.694. The van der Waals surface area contributed by atoms with Crippen molar-refractivity contribution in [1.82, 2.24) is 4.90 Å². The zero-order valence-corrected chi connectivity index (χ0v) is 10.7. The quantitative estimate of drug-likeness (QED) is 0.868. The van der Waals surface area contributed by atoms with Crippen LogP contribution >= 0.6 is 0 Å². The molecule has 0 aliphatic carbocycles. The van der Waals surface area contributed by atoms with Crippen molar-refractivity contribution in [3.63, 3.8) is 0 Å². The summed E-state index contributed by atoms with van der Waals surface area (Å²) in [5.41, 5.74) is 1.39. The Bertz CT molecular complexity index is 377. The van der Waals surface area contributed by atoms with Gasteiger partial charge in [-0.05, 0) is 37.3 Å². The molecule has 1 aliphatic rings. The molecule has 1 aromatic carbocycles. The van der Waals surface area contributed by atoms with Gasteiger partial charge in [0.05, 0.1) is 6.42 Å². The predicted octanol–water partition coefficient (Wildman–Crippen LogP) is 2.42. The maximum absolute atomic E-state index is 10.6. The molecule has 1 aromatic rings. The molecule has 1 N–H and O–H groups in total. The number of piperidine rings is 1. The van der Waals surface area contributed by atoms with Gasteiger partial charge in [-0.25, -0.2) is 0 Å². The van der Waals surface area contributed by atoms with E-state index in [-0.39, 0.29) is 6.42 Å². The number of hydrogen-bond donors (Lipinski definition) is 1. The van der Waals surface area contributed by atoms with Crippen LogP contribution in [0.2, 0.25) is 0 Å². The Morgan fingerprint density at radius 2 is 2.11 bits per heavy atom. The van der Waals surface area contributed by atoms with E-state index in [1.165, 1.54) is 18.4 Å². The van der Waals surface area contributed by atoms with E-state index in [4.69, 9.17) is 5.11 Å². The molecule has 1 heterocycles. The maximum Gasteiger partial charge on any atom is 0.304 e. The molecular formula is C15H21NO2. The zero-order chi connectivity index (χ0) is 12.8. The molecule has 1 aliphatic heterocycles. The maximum atomic E-state index is 10.6. The van der Waals surface area contributed by atoms with Gasteiger partial charge in [-0.1, -0.05) is 30.3 Å². The van der Waals surface area contributed by atoms with Crippen molar-refractivity contribution in [2.24, 2.45) is 5.92 Å². The minimum absolute atomic E-state index is 0.262. The smallest absolute Gasteiger partial charge is 0.304 e. The molecule has 1 fully saturated rings. The summed E-state index contributed by atoms with van der Waals surface area (Å²) < 4.78 is 0. The Hall–Kier alpha value is -1.35. The third-order valence-corrected chi connectivity index (χ3v) is 3.61. The van der Waals surface area contributed by atoms with Gasteiger partial charge in [0, 0.05) is 13.1 Å². The van der Waals surface area contributed by atoms with Crippen LogP contribution in [0, 0.1) is 5.92 Å². The molecule has 0 aromatic heterocycles. The van der Waals surface area contributed by atoms with E-state index in [9.17, 15) is 4.79 Å². The van der Waals surface area contributed by atoms with Crippen LogP contribution in [0.4, 0.5) is 0 Å². The summed E-state index contributed by atoms with van der Waals surface area (Å²) in [6.45, 7) is 2.79. The van der Waals surface area contributed by atoms with Gasteiger partial charge < -0.3 is 10.0 Å². The molecule has 0 saturated carbocycles. The largest absolute Gasteiger partial charge is 0.481 e. The third kappa shape index (κ3) is 4.15. The monoisotopic (exact) mass is 247 g/mol. The van der Waals surface area contributed by atoms with Gasteiger partial charge in [0.1, 0.15) is 0 Å². The molecule has 0 amide bonds. The summed E-state index contributed by atoms with van der Waals surface area (Å²) in [5.74, 6) is -0.0184. The number of benzene rings is 1. The first-order valence-electron chi connectivity index (χ1n) is 6.72. The predicted molar refractivity (Wildman–Crippen MR) is 71.6 cm³/mol. The van der Waals surface area contributed by atoms with E-state index in [0.29, 0.717) is 12.5 Å². The van der Waals surface area contributed by atoms with Gasteiger partial charge >= 0.3 is 5.97 Å². The fourth-order valence-electron chi connectivity index (χ4n) is 2.72. The first kappa shape index (κ1) is 13.1. The van der Waals surface area contributed by atoms with Crippen molar-refractivity contribution in [2.75, 3.05) is 19.6 Å². The fourth-order valence-corrected chi connectivity index (χ4v) is 2.72. The Labute approximate surface area is 108 Å². The highest BCUT2D eigenvalue weighted by Gasteiger charge is 2.20. The van der Waals surface area contributed by atoms with Crippen molar-refractivity contribution in [3.05, 3.63) is 35.9 Å². The highest BCUT2D eigenvalue weighted by atomic mass is 16.4. The number of nitrogens with zero attached hydrogens (tertiary/aromatic N) is 1. The van der Waals surface area contributed by atoms with Crippen LogP contribution in [-0.2, 0) is 11.2 Å². The number of aliphatic carboxylic acids is 1. The Kier molecular flexibility index (Phi) is 4.76. The average Bonchev–Trinajstić information content (AvgIpc) is 2.38. The van der Waals surface area contributed by atoms with E-state index in [1.807, 2.05) is 6.07 Å². The van der Waals surface area contributed by atoms with Crippen molar-refractivity contribution in [3.8, 4) is 0 Å². The van der Waals surface area contributed by atoms with Crippen LogP contribution in [0.15, 0.2) is 30.3 Å². The van der Waals surface area contributed by atoms with Gasteiger partial charge in [-0.3, -0.25) is 4.79 Å². The first-order valence-corrected chi connectivity index (χ1v) is 6.72. The third-order valence-electron chi connectivity index (χ3n) is 3.61. The molecule has 0 radical (unpaired) electrons. The lowest BCUT2D eigenvalue weighted by Gasteiger charge is -2.32. The number of carboxylic acid groups (broad SMARTS) is 1. The highest BCUT2D eigenvalue weighted by Crippen LogP contribution is 2.20. The van der Waals surface area contributed by atoms with E-state index in [2.05, 4.69) is 29.2 Å². The van der Waals surface area contributed by atoms with Crippen LogP contribution in [0.25, 0.3) is 0 Å². The summed E-state index contributed by atoms with van der Waals surface area (Å²) in [6.07, 6.45) is 3.83. The lowest BCUT2D eigenvalue weighted by Crippen LogP contribution is -2.37. The lowest BCUT2D eigenvalue weighted by atomic mass is 9.91. The van der Waals surface area contributed by atoms with E-state index in [0.717, 1.165) is 19.5 Å². The second-order valence-corrected chi connectivity index (χ2v) is 5.14. The van der Waals surface area contributed by atoms with E-state index >= 15 is 0 Å². The van der Waals surface area contributed by atoms with Gasteiger partial charge in [0.2, 0.25) is 0 Å². The first-order chi connectivity index (χ1) is 8.74. The standard InChI is InChI=1S/C15H21NO2/c17-15(18)8-10-16-9-4-7-14(12-16)11-13-5-2-1-3-6-13/h1-3,5-6,14H,4,7-12H2,(H,17,18). The van der Waals surface area contributed by atoms with Crippen molar-refractivity contribution in [2.45, 2.75) is 25.7 Å². The fraction of sp³-hybridized carbons (Fsp3) is 0.533. The molecule has 18 heavy (non-hydrogen) atoms. The Morgan fingerprint density at radius 1 is 1.33 bits per heavy atom. The van der Waals surface area contributed by atoms with E-state index in [1.54, 1.807) is 0 Å². The molecule has 1 saturated heterocycles. The van der Waals surface area contributed by atoms with Crippen LogP contribution in [-0.4, -0.2) is 35.6 Å². The molecule has 1 unspecified atom stereocenters. The van der Waals surface area contributed by atoms with E-state index < -0.39 is 5.97 Å².